The van der Waals surface area contributed by atoms with Crippen LogP contribution in [0.5, 0.6) is 0 Å². The van der Waals surface area contributed by atoms with Gasteiger partial charge in [-0.05, 0) is 79.0 Å². The molecule has 170 valence electrons. The summed E-state index contributed by atoms with van der Waals surface area (Å²) in [6, 6.07) is 7.97. The summed E-state index contributed by atoms with van der Waals surface area (Å²) < 4.78 is 0.967. The van der Waals surface area contributed by atoms with Gasteiger partial charge >= 0.3 is 0 Å². The minimum absolute atomic E-state index is 0.00598. The second-order valence-electron chi connectivity index (χ2n) is 10.5. The van der Waals surface area contributed by atoms with Gasteiger partial charge in [0.2, 0.25) is 11.8 Å². The van der Waals surface area contributed by atoms with Crippen molar-refractivity contribution >= 4 is 27.7 Å². The summed E-state index contributed by atoms with van der Waals surface area (Å²) in [6.45, 7) is 3.65. The van der Waals surface area contributed by atoms with Crippen molar-refractivity contribution in [2.24, 2.45) is 23.2 Å². The Hall–Kier alpha value is -1.91. The van der Waals surface area contributed by atoms with Crippen LogP contribution in [0.1, 0.15) is 49.7 Å². The summed E-state index contributed by atoms with van der Waals surface area (Å²) in [4.78, 5) is 29.4. The molecule has 1 saturated heterocycles. The maximum Gasteiger partial charge on any atom is 0.242 e. The standard InChI is InChI=1S/C25H31BrN4O2/c26-22-2-1-18(14-27)21(9-22)16-29-3-5-30(6-4-29)24(32)15-28-23(31)13-25-10-17-7-19(11-25)20(8-17)12-25/h1-2,9,17,19-20H,3-8,10-13,15-16H2,(H,28,31). The molecule has 1 aliphatic heterocycles. The van der Waals surface area contributed by atoms with Gasteiger partial charge in [-0.15, -0.1) is 0 Å². The van der Waals surface area contributed by atoms with Gasteiger partial charge in [0.05, 0.1) is 18.2 Å². The molecule has 32 heavy (non-hydrogen) atoms. The number of nitriles is 1. The number of piperazine rings is 1. The zero-order chi connectivity index (χ0) is 22.3. The smallest absolute Gasteiger partial charge is 0.242 e. The summed E-state index contributed by atoms with van der Waals surface area (Å²) in [5, 5.41) is 12.3. The number of hydrogen-bond acceptors (Lipinski definition) is 4. The van der Waals surface area contributed by atoms with Gasteiger partial charge in [-0.3, -0.25) is 14.5 Å². The quantitative estimate of drug-likeness (QED) is 0.652. The Morgan fingerprint density at radius 2 is 1.84 bits per heavy atom. The van der Waals surface area contributed by atoms with Gasteiger partial charge in [0.25, 0.3) is 0 Å². The predicted molar refractivity (Wildman–Crippen MR) is 124 cm³/mol. The van der Waals surface area contributed by atoms with Crippen LogP contribution in [0.15, 0.2) is 22.7 Å². The number of carbonyl (C=O) groups excluding carboxylic acids is 2. The summed E-state index contributed by atoms with van der Waals surface area (Å²) in [7, 11) is 0. The largest absolute Gasteiger partial charge is 0.347 e. The molecule has 2 amide bonds. The van der Waals surface area contributed by atoms with Crippen LogP contribution >= 0.6 is 15.9 Å². The van der Waals surface area contributed by atoms with Crippen molar-refractivity contribution in [1.29, 1.82) is 5.26 Å². The summed E-state index contributed by atoms with van der Waals surface area (Å²) >= 11 is 3.48. The third-order valence-corrected chi connectivity index (χ3v) is 8.82. The Morgan fingerprint density at radius 1 is 1.12 bits per heavy atom. The van der Waals surface area contributed by atoms with Gasteiger partial charge in [0.1, 0.15) is 0 Å². The minimum Gasteiger partial charge on any atom is -0.347 e. The average Bonchev–Trinajstić information content (AvgIpc) is 3.18. The number of carbonyl (C=O) groups is 2. The molecule has 1 N–H and O–H groups in total. The fraction of sp³-hybridized carbons (Fsp3) is 0.640. The van der Waals surface area contributed by atoms with E-state index in [9.17, 15) is 14.9 Å². The van der Waals surface area contributed by atoms with E-state index in [0.29, 0.717) is 31.6 Å². The lowest BCUT2D eigenvalue weighted by Crippen LogP contribution is -2.51. The summed E-state index contributed by atoms with van der Waals surface area (Å²) in [6.07, 6.45) is 7.04. The van der Waals surface area contributed by atoms with Gasteiger partial charge in [-0.25, -0.2) is 0 Å². The molecule has 4 bridgehead atoms. The Balaban J connectivity index is 1.06. The lowest BCUT2D eigenvalue weighted by atomic mass is 9.67. The topological polar surface area (TPSA) is 76.4 Å². The summed E-state index contributed by atoms with van der Waals surface area (Å²) in [5.41, 5.74) is 1.92. The molecule has 5 aliphatic rings. The molecule has 6 nitrogen and oxygen atoms in total. The van der Waals surface area contributed by atoms with E-state index in [4.69, 9.17) is 0 Å². The molecule has 7 heteroatoms. The van der Waals surface area contributed by atoms with Crippen molar-refractivity contribution in [3.05, 3.63) is 33.8 Å². The van der Waals surface area contributed by atoms with E-state index in [1.165, 1.54) is 32.1 Å². The minimum atomic E-state index is 0.00598. The molecular formula is C25H31BrN4O2. The molecule has 6 rings (SSSR count). The molecule has 0 aromatic heterocycles. The third kappa shape index (κ3) is 4.45. The normalized spacial score (nSPS) is 31.0. The number of rotatable bonds is 6. The second kappa shape index (κ2) is 8.79. The molecule has 1 aromatic rings. The molecule has 5 fully saturated rings. The van der Waals surface area contributed by atoms with E-state index in [1.54, 1.807) is 0 Å². The lowest BCUT2D eigenvalue weighted by molar-refractivity contribution is -0.135. The SMILES string of the molecule is N#Cc1ccc(Br)cc1CN1CCN(C(=O)CNC(=O)CC23CC4CC(C2)C(C4)C3)CC1. The van der Waals surface area contributed by atoms with Gasteiger partial charge < -0.3 is 10.2 Å². The number of nitrogens with one attached hydrogen (secondary N) is 1. The van der Waals surface area contributed by atoms with E-state index in [0.717, 1.165) is 40.9 Å². The molecule has 4 saturated carbocycles. The van der Waals surface area contributed by atoms with Crippen LogP contribution in [0.25, 0.3) is 0 Å². The highest BCUT2D eigenvalue weighted by Gasteiger charge is 2.56. The van der Waals surface area contributed by atoms with Crippen LogP contribution in [-0.2, 0) is 16.1 Å². The van der Waals surface area contributed by atoms with Crippen LogP contribution in [-0.4, -0.2) is 54.3 Å². The van der Waals surface area contributed by atoms with Gasteiger partial charge in [-0.1, -0.05) is 15.9 Å². The van der Waals surface area contributed by atoms with E-state index in [-0.39, 0.29) is 23.8 Å². The van der Waals surface area contributed by atoms with Crippen molar-refractivity contribution in [2.45, 2.75) is 45.1 Å². The van der Waals surface area contributed by atoms with Gasteiger partial charge in [0, 0.05) is 43.6 Å². The van der Waals surface area contributed by atoms with E-state index < -0.39 is 0 Å². The maximum absolute atomic E-state index is 12.7. The Morgan fingerprint density at radius 3 is 2.50 bits per heavy atom. The second-order valence-corrected chi connectivity index (χ2v) is 11.4. The van der Waals surface area contributed by atoms with Gasteiger partial charge in [-0.2, -0.15) is 5.26 Å². The van der Waals surface area contributed by atoms with Crippen molar-refractivity contribution in [1.82, 2.24) is 15.1 Å². The van der Waals surface area contributed by atoms with Crippen molar-refractivity contribution in [3.63, 3.8) is 0 Å². The van der Waals surface area contributed by atoms with Crippen molar-refractivity contribution in [2.75, 3.05) is 32.7 Å². The molecule has 2 atom stereocenters. The average molecular weight is 499 g/mol. The maximum atomic E-state index is 12.7. The van der Waals surface area contributed by atoms with E-state index >= 15 is 0 Å². The Kier molecular flexibility index (Phi) is 6.02. The third-order valence-electron chi connectivity index (χ3n) is 8.33. The first-order valence-corrected chi connectivity index (χ1v) is 12.7. The van der Waals surface area contributed by atoms with Crippen LogP contribution < -0.4 is 5.32 Å². The molecule has 0 spiro atoms. The Labute approximate surface area is 198 Å². The van der Waals surface area contributed by atoms with E-state index in [1.807, 2.05) is 23.1 Å². The first-order chi connectivity index (χ1) is 15.4. The van der Waals surface area contributed by atoms with Crippen molar-refractivity contribution < 1.29 is 9.59 Å². The summed E-state index contributed by atoms with van der Waals surface area (Å²) in [5.74, 6) is 2.63. The zero-order valence-corrected chi connectivity index (χ0v) is 20.1. The number of amides is 2. The highest BCUT2D eigenvalue weighted by Crippen LogP contribution is 2.65. The zero-order valence-electron chi connectivity index (χ0n) is 18.5. The lowest BCUT2D eigenvalue weighted by Gasteiger charge is -2.38. The fourth-order valence-corrected chi connectivity index (χ4v) is 7.49. The number of benzene rings is 1. The first kappa shape index (κ1) is 21.9. The molecule has 4 aliphatic carbocycles. The molecule has 2 unspecified atom stereocenters. The first-order valence-electron chi connectivity index (χ1n) is 11.9. The van der Waals surface area contributed by atoms with Crippen LogP contribution in [0, 0.1) is 34.5 Å². The predicted octanol–water partition coefficient (Wildman–Crippen LogP) is 3.30. The van der Waals surface area contributed by atoms with Gasteiger partial charge in [0.15, 0.2) is 0 Å². The fourth-order valence-electron chi connectivity index (χ4n) is 7.08. The Bertz CT molecular complexity index is 930. The molecule has 1 heterocycles. The highest BCUT2D eigenvalue weighted by atomic mass is 79.9. The number of halogens is 1. The monoisotopic (exact) mass is 498 g/mol. The molecule has 0 radical (unpaired) electrons. The van der Waals surface area contributed by atoms with Crippen molar-refractivity contribution in [3.8, 4) is 6.07 Å². The number of nitrogens with zero attached hydrogens (tertiary/aromatic N) is 3. The molecule has 1 aromatic carbocycles. The van der Waals surface area contributed by atoms with Crippen LogP contribution in [0.4, 0.5) is 0 Å². The highest BCUT2D eigenvalue weighted by molar-refractivity contribution is 9.10. The van der Waals surface area contributed by atoms with Crippen LogP contribution in [0.3, 0.4) is 0 Å². The molecular weight excluding hydrogens is 468 g/mol. The number of hydrogen-bond donors (Lipinski definition) is 1. The van der Waals surface area contributed by atoms with E-state index in [2.05, 4.69) is 32.2 Å². The van der Waals surface area contributed by atoms with Crippen LogP contribution in [0.2, 0.25) is 0 Å².